The van der Waals surface area contributed by atoms with Crippen molar-refractivity contribution in [1.29, 1.82) is 0 Å². The van der Waals surface area contributed by atoms with E-state index in [4.69, 9.17) is 21.1 Å². The van der Waals surface area contributed by atoms with Gasteiger partial charge in [-0.1, -0.05) is 18.2 Å². The average Bonchev–Trinajstić information content (AvgIpc) is 2.47. The number of hydrogen-bond acceptors (Lipinski definition) is 3. The molecular weight excluding hydrogens is 276 g/mol. The van der Waals surface area contributed by atoms with Crippen molar-refractivity contribution < 1.29 is 14.3 Å². The Morgan fingerprint density at radius 3 is 2.80 bits per heavy atom. The Morgan fingerprint density at radius 2 is 2.10 bits per heavy atom. The first-order valence-corrected chi connectivity index (χ1v) is 7.11. The summed E-state index contributed by atoms with van der Waals surface area (Å²) in [7, 11) is 3.26. The summed E-state index contributed by atoms with van der Waals surface area (Å²) in [5, 5.41) is -0.496. The molecule has 0 radical (unpaired) electrons. The van der Waals surface area contributed by atoms with E-state index in [2.05, 4.69) is 0 Å². The molecule has 1 aromatic rings. The zero-order chi connectivity index (χ0) is 14.5. The fraction of sp³-hybridized carbons (Fsp3) is 0.438. The molecule has 1 saturated carbocycles. The van der Waals surface area contributed by atoms with Gasteiger partial charge < -0.3 is 9.47 Å². The standard InChI is InChI=1S/C16H19ClO3/c1-19-10-13-8-7-12(16(18)15(13)17)9-11-5-3-4-6-14(11)20-2/h3-6,9,13,15H,7-8,10H2,1-2H3. The van der Waals surface area contributed by atoms with E-state index in [0.717, 1.165) is 29.7 Å². The summed E-state index contributed by atoms with van der Waals surface area (Å²) in [5.41, 5.74) is 1.68. The van der Waals surface area contributed by atoms with Crippen LogP contribution in [-0.2, 0) is 9.53 Å². The highest BCUT2D eigenvalue weighted by Crippen LogP contribution is 2.32. The molecular formula is C16H19ClO3. The average molecular weight is 295 g/mol. The van der Waals surface area contributed by atoms with Crippen molar-refractivity contribution >= 4 is 23.5 Å². The van der Waals surface area contributed by atoms with Crippen LogP contribution in [0.2, 0.25) is 0 Å². The predicted octanol–water partition coefficient (Wildman–Crippen LogP) is 3.31. The maximum absolute atomic E-state index is 12.3. The highest BCUT2D eigenvalue weighted by Gasteiger charge is 2.33. The Bertz CT molecular complexity index is 510. The van der Waals surface area contributed by atoms with Gasteiger partial charge in [-0.15, -0.1) is 11.6 Å². The number of halogens is 1. The van der Waals surface area contributed by atoms with Crippen LogP contribution >= 0.6 is 11.6 Å². The summed E-state index contributed by atoms with van der Waals surface area (Å²) in [5.74, 6) is 0.868. The number of ether oxygens (including phenoxy) is 2. The van der Waals surface area contributed by atoms with E-state index in [1.807, 2.05) is 30.3 Å². The Labute approximate surface area is 124 Å². The molecule has 0 N–H and O–H groups in total. The van der Waals surface area contributed by atoms with E-state index in [9.17, 15) is 4.79 Å². The molecule has 0 heterocycles. The Kier molecular flexibility index (Phi) is 5.21. The van der Waals surface area contributed by atoms with Gasteiger partial charge in [-0.2, -0.15) is 0 Å². The number of para-hydroxylation sites is 1. The van der Waals surface area contributed by atoms with Gasteiger partial charge in [0.05, 0.1) is 13.7 Å². The van der Waals surface area contributed by atoms with Gasteiger partial charge in [0.25, 0.3) is 0 Å². The summed E-state index contributed by atoms with van der Waals surface area (Å²) in [4.78, 5) is 12.3. The molecule has 2 atom stereocenters. The van der Waals surface area contributed by atoms with Gasteiger partial charge in [0, 0.05) is 18.6 Å². The molecule has 0 aliphatic heterocycles. The molecule has 3 nitrogen and oxygen atoms in total. The minimum absolute atomic E-state index is 0.00544. The molecule has 0 amide bonds. The highest BCUT2D eigenvalue weighted by atomic mass is 35.5. The van der Waals surface area contributed by atoms with Crippen molar-refractivity contribution in [2.24, 2.45) is 5.92 Å². The van der Waals surface area contributed by atoms with Crippen LogP contribution in [0.5, 0.6) is 5.75 Å². The summed E-state index contributed by atoms with van der Waals surface area (Å²) in [6.07, 6.45) is 3.49. The van der Waals surface area contributed by atoms with Crippen molar-refractivity contribution in [3.63, 3.8) is 0 Å². The lowest BCUT2D eigenvalue weighted by Gasteiger charge is -2.27. The fourth-order valence-electron chi connectivity index (χ4n) is 2.50. The number of alkyl halides is 1. The molecule has 1 aliphatic carbocycles. The molecule has 0 saturated heterocycles. The lowest BCUT2D eigenvalue weighted by molar-refractivity contribution is -0.117. The SMILES string of the molecule is COCC1CCC(=Cc2ccccc2OC)C(=O)C1Cl. The van der Waals surface area contributed by atoms with Crippen molar-refractivity contribution in [2.45, 2.75) is 18.2 Å². The lowest BCUT2D eigenvalue weighted by atomic mass is 9.84. The number of Topliss-reactive ketones (excluding diaryl/α,β-unsaturated/α-hetero) is 1. The van der Waals surface area contributed by atoms with Gasteiger partial charge in [0.15, 0.2) is 5.78 Å². The Balaban J connectivity index is 2.21. The number of carbonyl (C=O) groups excluding carboxylic acids is 1. The maximum Gasteiger partial charge on any atom is 0.177 e. The van der Waals surface area contributed by atoms with Crippen LogP contribution < -0.4 is 4.74 Å². The third-order valence-electron chi connectivity index (χ3n) is 3.61. The van der Waals surface area contributed by atoms with Gasteiger partial charge in [-0.3, -0.25) is 4.79 Å². The number of rotatable bonds is 4. The number of benzene rings is 1. The normalized spacial score (nSPS) is 24.9. The van der Waals surface area contributed by atoms with E-state index < -0.39 is 5.38 Å². The first-order valence-electron chi connectivity index (χ1n) is 6.68. The summed E-state index contributed by atoms with van der Waals surface area (Å²) < 4.78 is 10.4. The molecule has 1 aliphatic rings. The number of carbonyl (C=O) groups is 1. The van der Waals surface area contributed by atoms with Crippen LogP contribution in [0, 0.1) is 5.92 Å². The van der Waals surface area contributed by atoms with E-state index >= 15 is 0 Å². The highest BCUT2D eigenvalue weighted by molar-refractivity contribution is 6.34. The molecule has 0 aromatic heterocycles. The maximum atomic E-state index is 12.3. The van der Waals surface area contributed by atoms with Crippen molar-refractivity contribution in [1.82, 2.24) is 0 Å². The van der Waals surface area contributed by atoms with Crippen molar-refractivity contribution in [2.75, 3.05) is 20.8 Å². The van der Waals surface area contributed by atoms with E-state index in [0.29, 0.717) is 6.61 Å². The van der Waals surface area contributed by atoms with Gasteiger partial charge in [0.1, 0.15) is 11.1 Å². The Morgan fingerprint density at radius 1 is 1.35 bits per heavy atom. The second-order valence-corrected chi connectivity index (χ2v) is 5.40. The van der Waals surface area contributed by atoms with Crippen LogP contribution in [-0.4, -0.2) is 32.0 Å². The van der Waals surface area contributed by atoms with Gasteiger partial charge >= 0.3 is 0 Å². The van der Waals surface area contributed by atoms with Gasteiger partial charge in [-0.25, -0.2) is 0 Å². The molecule has 0 spiro atoms. The van der Waals surface area contributed by atoms with Crippen LogP contribution in [0.15, 0.2) is 29.8 Å². The lowest BCUT2D eigenvalue weighted by Crippen LogP contribution is -2.33. The van der Waals surface area contributed by atoms with E-state index in [1.54, 1.807) is 14.2 Å². The van der Waals surface area contributed by atoms with Crippen LogP contribution in [0.3, 0.4) is 0 Å². The molecule has 2 rings (SSSR count). The first kappa shape index (κ1) is 15.1. The molecule has 1 fully saturated rings. The molecule has 20 heavy (non-hydrogen) atoms. The number of ketones is 1. The number of hydrogen-bond donors (Lipinski definition) is 0. The summed E-state index contributed by atoms with van der Waals surface area (Å²) in [6, 6.07) is 7.64. The zero-order valence-corrected chi connectivity index (χ0v) is 12.5. The third kappa shape index (κ3) is 3.22. The molecule has 1 aromatic carbocycles. The second kappa shape index (κ2) is 6.91. The predicted molar refractivity (Wildman–Crippen MR) is 80.2 cm³/mol. The van der Waals surface area contributed by atoms with Crippen LogP contribution in [0.1, 0.15) is 18.4 Å². The largest absolute Gasteiger partial charge is 0.496 e. The smallest absolute Gasteiger partial charge is 0.177 e. The van der Waals surface area contributed by atoms with Crippen LogP contribution in [0.25, 0.3) is 6.08 Å². The molecule has 4 heteroatoms. The first-order chi connectivity index (χ1) is 9.67. The quantitative estimate of drug-likeness (QED) is 0.631. The van der Waals surface area contributed by atoms with E-state index in [1.165, 1.54) is 0 Å². The third-order valence-corrected chi connectivity index (χ3v) is 4.17. The monoisotopic (exact) mass is 294 g/mol. The number of allylic oxidation sites excluding steroid dienone is 1. The van der Waals surface area contributed by atoms with Crippen molar-refractivity contribution in [3.05, 3.63) is 35.4 Å². The second-order valence-electron chi connectivity index (χ2n) is 4.93. The summed E-state index contributed by atoms with van der Waals surface area (Å²) >= 11 is 6.24. The number of methoxy groups -OCH3 is 2. The van der Waals surface area contributed by atoms with Crippen molar-refractivity contribution in [3.8, 4) is 5.75 Å². The van der Waals surface area contributed by atoms with Gasteiger partial charge in [0.2, 0.25) is 0 Å². The van der Waals surface area contributed by atoms with Crippen LogP contribution in [0.4, 0.5) is 0 Å². The van der Waals surface area contributed by atoms with E-state index in [-0.39, 0.29) is 11.7 Å². The minimum atomic E-state index is -0.496. The molecule has 2 unspecified atom stereocenters. The molecule has 0 bridgehead atoms. The van der Waals surface area contributed by atoms with Gasteiger partial charge in [-0.05, 0) is 30.6 Å². The minimum Gasteiger partial charge on any atom is -0.496 e. The summed E-state index contributed by atoms with van der Waals surface area (Å²) in [6.45, 7) is 0.530. The topological polar surface area (TPSA) is 35.5 Å². The molecule has 108 valence electrons. The zero-order valence-electron chi connectivity index (χ0n) is 11.8. The fourth-order valence-corrected chi connectivity index (χ4v) is 2.84. The Hall–Kier alpha value is -1.32.